The maximum absolute atomic E-state index is 12.9. The largest absolute Gasteiger partial charge is 0.472 e. The van der Waals surface area contributed by atoms with Crippen LogP contribution in [0.2, 0.25) is 0 Å². The van der Waals surface area contributed by atoms with Crippen LogP contribution in [0, 0.1) is 0 Å². The number of anilines is 1. The molecule has 3 aliphatic rings. The van der Waals surface area contributed by atoms with Crippen molar-refractivity contribution in [2.75, 3.05) is 18.9 Å². The second-order valence-electron chi connectivity index (χ2n) is 9.41. The number of aromatic nitrogens is 4. The third-order valence-electron chi connectivity index (χ3n) is 6.55. The smallest absolute Gasteiger partial charge is 0.387 e. The lowest BCUT2D eigenvalue weighted by molar-refractivity contribution is -0.0615. The summed E-state index contributed by atoms with van der Waals surface area (Å²) in [5.74, 6) is 0.0770. The molecule has 5 heterocycles. The van der Waals surface area contributed by atoms with Gasteiger partial charge in [-0.25, -0.2) is 28.9 Å². The molecule has 0 aromatic carbocycles. The molecule has 23 heteroatoms. The lowest BCUT2D eigenvalue weighted by Gasteiger charge is -2.30. The summed E-state index contributed by atoms with van der Waals surface area (Å²) in [4.78, 5) is 53.9. The first kappa shape index (κ1) is 30.8. The van der Waals surface area contributed by atoms with Crippen LogP contribution in [-0.2, 0) is 32.2 Å². The Morgan fingerprint density at radius 3 is 2.52 bits per heavy atom. The molecule has 3 aliphatic heterocycles. The number of nitrogens with zero attached hydrogens (tertiary/aromatic N) is 5. The number of amides is 2. The number of aliphatic hydroxyl groups excluding tert-OH is 2. The number of rotatable bonds is 10. The Morgan fingerprint density at radius 2 is 1.81 bits per heavy atom. The summed E-state index contributed by atoms with van der Waals surface area (Å²) in [5.41, 5.74) is 11.8. The van der Waals surface area contributed by atoms with Crippen molar-refractivity contribution in [2.24, 2.45) is 5.73 Å². The Labute approximate surface area is 235 Å². The van der Waals surface area contributed by atoms with Gasteiger partial charge in [-0.2, -0.15) is 0 Å². The second kappa shape index (κ2) is 11.8. The normalized spacial score (nSPS) is 33.3. The summed E-state index contributed by atoms with van der Waals surface area (Å²) in [5, 5.41) is 23.5. The summed E-state index contributed by atoms with van der Waals surface area (Å²) in [6.07, 6.45) is -5.23. The molecular formula is C19H28N8O13P2. The molecule has 2 unspecified atom stereocenters. The van der Waals surface area contributed by atoms with Crippen molar-refractivity contribution in [3.05, 3.63) is 24.9 Å². The van der Waals surface area contributed by atoms with Crippen molar-refractivity contribution in [3.63, 3.8) is 0 Å². The SMILES string of the molecule is Nc1ncnc2c1ncn2[C@@H]1O[C@H](COP(=O)(O)O[C@H]2C[C@H](N3C=CC(N)NC3=O)O[C@@H]2COP(=O)(O)O)[C@@H](O)[C@H]1O. The predicted molar refractivity (Wildman–Crippen MR) is 135 cm³/mol. The zero-order chi connectivity index (χ0) is 30.4. The van der Waals surface area contributed by atoms with Gasteiger partial charge in [0.1, 0.15) is 48.6 Å². The van der Waals surface area contributed by atoms with E-state index in [1.807, 2.05) is 0 Å². The van der Waals surface area contributed by atoms with Crippen molar-refractivity contribution in [1.29, 1.82) is 0 Å². The van der Waals surface area contributed by atoms with Crippen LogP contribution < -0.4 is 16.8 Å². The maximum atomic E-state index is 12.9. The predicted octanol–water partition coefficient (Wildman–Crippen LogP) is -2.42. The van der Waals surface area contributed by atoms with Gasteiger partial charge in [-0.3, -0.25) is 23.0 Å². The Morgan fingerprint density at radius 1 is 1.07 bits per heavy atom. The summed E-state index contributed by atoms with van der Waals surface area (Å²) in [6, 6.07) is -0.658. The van der Waals surface area contributed by atoms with Crippen LogP contribution in [0.3, 0.4) is 0 Å². The topological polar surface area (TPSA) is 309 Å². The van der Waals surface area contributed by atoms with Crippen LogP contribution in [-0.4, -0.2) is 111 Å². The summed E-state index contributed by atoms with van der Waals surface area (Å²) >= 11 is 0. The van der Waals surface area contributed by atoms with Crippen molar-refractivity contribution in [1.82, 2.24) is 29.7 Å². The molecule has 2 saturated heterocycles. The van der Waals surface area contributed by atoms with Gasteiger partial charge >= 0.3 is 21.7 Å². The molecule has 0 spiro atoms. The van der Waals surface area contributed by atoms with E-state index in [1.165, 1.54) is 29.5 Å². The Hall–Kier alpha value is -2.62. The first-order valence-electron chi connectivity index (χ1n) is 12.2. The quantitative estimate of drug-likeness (QED) is 0.125. The molecule has 21 nitrogen and oxygen atoms in total. The number of hydrogen-bond donors (Lipinski definition) is 8. The summed E-state index contributed by atoms with van der Waals surface area (Å²) < 4.78 is 51.4. The zero-order valence-electron chi connectivity index (χ0n) is 21.3. The van der Waals surface area contributed by atoms with E-state index in [0.29, 0.717) is 0 Å². The number of phosphoric ester groups is 2. The number of phosphoric acid groups is 2. The van der Waals surface area contributed by atoms with Crippen LogP contribution in [0.1, 0.15) is 12.6 Å². The first-order chi connectivity index (χ1) is 19.7. The number of carbonyl (C=O) groups excluding carboxylic acids is 1. The van der Waals surface area contributed by atoms with Crippen molar-refractivity contribution in [3.8, 4) is 0 Å². The molecule has 2 amide bonds. The molecule has 2 aromatic rings. The van der Waals surface area contributed by atoms with Gasteiger partial charge in [-0.05, 0) is 6.08 Å². The Bertz CT molecular complexity index is 1440. The third kappa shape index (κ3) is 6.63. The standard InChI is InChI=1S/C19H28N8O13P2/c20-11-1-2-26(19(30)25-11)12-3-8(9(38-12)4-36-41(31,32)33)40-42(34,35)37-5-10-14(28)15(29)18(39-10)27-7-24-13-16(21)22-6-23-17(13)27/h1-2,6-12,14-15,18,28-29H,3-5,20H2,(H,25,30)(H,34,35)(H2,21,22,23)(H2,31,32,33)/t8-,9+,10+,11?,12+,14+,15+,18+/m0/s1. The molecule has 0 radical (unpaired) electrons. The molecule has 232 valence electrons. The van der Waals surface area contributed by atoms with E-state index in [4.69, 9.17) is 39.8 Å². The second-order valence-corrected chi connectivity index (χ2v) is 12.1. The highest BCUT2D eigenvalue weighted by molar-refractivity contribution is 7.47. The maximum Gasteiger partial charge on any atom is 0.472 e. The number of nitrogens with one attached hydrogen (secondary N) is 1. The van der Waals surface area contributed by atoms with Gasteiger partial charge in [0.05, 0.1) is 25.7 Å². The van der Waals surface area contributed by atoms with Gasteiger partial charge in [-0.1, -0.05) is 0 Å². The van der Waals surface area contributed by atoms with Crippen molar-refractivity contribution >= 4 is 38.7 Å². The number of urea groups is 1. The number of imidazole rings is 1. The van der Waals surface area contributed by atoms with E-state index in [1.54, 1.807) is 0 Å². The molecule has 10 N–H and O–H groups in total. The minimum atomic E-state index is -4.98. The van der Waals surface area contributed by atoms with Crippen molar-refractivity contribution < 1.29 is 61.9 Å². The lowest BCUT2D eigenvalue weighted by Crippen LogP contribution is -2.52. The number of hydrogen-bond acceptors (Lipinski definition) is 15. The van der Waals surface area contributed by atoms with Gasteiger partial charge in [0.25, 0.3) is 0 Å². The lowest BCUT2D eigenvalue weighted by atomic mass is 10.1. The molecule has 9 atom stereocenters. The van der Waals surface area contributed by atoms with Crippen molar-refractivity contribution in [2.45, 2.75) is 55.6 Å². The van der Waals surface area contributed by atoms with E-state index in [0.717, 1.165) is 4.90 Å². The highest BCUT2D eigenvalue weighted by atomic mass is 31.2. The van der Waals surface area contributed by atoms with E-state index < -0.39 is 84.0 Å². The molecule has 5 rings (SSSR count). The van der Waals surface area contributed by atoms with E-state index in [2.05, 4.69) is 24.8 Å². The molecule has 42 heavy (non-hydrogen) atoms. The monoisotopic (exact) mass is 638 g/mol. The van der Waals surface area contributed by atoms with Gasteiger partial charge < -0.3 is 51.2 Å². The number of aliphatic hydroxyl groups is 2. The third-order valence-corrected chi connectivity index (χ3v) is 8.04. The average Bonchev–Trinajstić information content (AvgIpc) is 3.58. The van der Waals surface area contributed by atoms with Gasteiger partial charge in [0.15, 0.2) is 17.7 Å². The van der Waals surface area contributed by atoms with Crippen LogP contribution in [0.15, 0.2) is 24.9 Å². The van der Waals surface area contributed by atoms with Gasteiger partial charge in [0, 0.05) is 12.6 Å². The molecule has 2 fully saturated rings. The molecular weight excluding hydrogens is 610 g/mol. The molecule has 2 aromatic heterocycles. The fourth-order valence-electron chi connectivity index (χ4n) is 4.57. The van der Waals surface area contributed by atoms with E-state index >= 15 is 0 Å². The summed E-state index contributed by atoms with van der Waals surface area (Å²) in [6.45, 7) is -1.50. The number of ether oxygens (including phenoxy) is 2. The van der Waals surface area contributed by atoms with Crippen LogP contribution in [0.4, 0.5) is 10.6 Å². The minimum absolute atomic E-state index is 0.0770. The average molecular weight is 638 g/mol. The van der Waals surface area contributed by atoms with Gasteiger partial charge in [-0.15, -0.1) is 0 Å². The highest BCUT2D eigenvalue weighted by Gasteiger charge is 2.48. The van der Waals surface area contributed by atoms with Crippen LogP contribution >= 0.6 is 15.6 Å². The number of nitrogen functional groups attached to an aromatic ring is 1. The molecule has 0 aliphatic carbocycles. The summed E-state index contributed by atoms with van der Waals surface area (Å²) in [7, 11) is -9.94. The van der Waals surface area contributed by atoms with E-state index in [9.17, 15) is 29.0 Å². The molecule has 0 saturated carbocycles. The van der Waals surface area contributed by atoms with Crippen LogP contribution in [0.5, 0.6) is 0 Å². The molecule has 0 bridgehead atoms. The minimum Gasteiger partial charge on any atom is -0.387 e. The fraction of sp³-hybridized carbons (Fsp3) is 0.579. The zero-order valence-corrected chi connectivity index (χ0v) is 23.1. The Kier molecular flexibility index (Phi) is 8.67. The first-order valence-corrected chi connectivity index (χ1v) is 15.2. The number of nitrogens with two attached hydrogens (primary N) is 2. The Balaban J connectivity index is 1.24. The number of fused-ring (bicyclic) bond motifs is 1. The fourth-order valence-corrected chi connectivity index (χ4v) is 5.87. The highest BCUT2D eigenvalue weighted by Crippen LogP contribution is 2.49. The van der Waals surface area contributed by atoms with Gasteiger partial charge in [0.2, 0.25) is 0 Å². The number of carbonyl (C=O) groups is 1. The van der Waals surface area contributed by atoms with Crippen LogP contribution in [0.25, 0.3) is 11.2 Å². The van der Waals surface area contributed by atoms with E-state index in [-0.39, 0.29) is 23.4 Å².